The summed E-state index contributed by atoms with van der Waals surface area (Å²) in [5.74, 6) is 0.0522. The van der Waals surface area contributed by atoms with Gasteiger partial charge in [0.2, 0.25) is 5.91 Å². The van der Waals surface area contributed by atoms with Crippen molar-refractivity contribution in [1.29, 1.82) is 0 Å². The van der Waals surface area contributed by atoms with Gasteiger partial charge in [0.15, 0.2) is 0 Å². The van der Waals surface area contributed by atoms with E-state index in [1.54, 1.807) is 7.11 Å². The Balaban J connectivity index is 0.00000106. The molecule has 0 radical (unpaired) electrons. The number of piperazine rings is 1. The van der Waals surface area contributed by atoms with Crippen LogP contribution in [0.4, 0.5) is 0 Å². The Hall–Kier alpha value is -0.650. The predicted octanol–water partition coefficient (Wildman–Crippen LogP) is -0.238. The van der Waals surface area contributed by atoms with Crippen LogP contribution < -0.4 is 5.73 Å². The van der Waals surface area contributed by atoms with Gasteiger partial charge in [-0.25, -0.2) is 0 Å². The summed E-state index contributed by atoms with van der Waals surface area (Å²) in [4.78, 5) is 15.4. The molecule has 0 atom stereocenters. The molecule has 96 valence electrons. The average molecular weight is 231 g/mol. The molecule has 16 heavy (non-hydrogen) atoms. The van der Waals surface area contributed by atoms with Crippen LogP contribution in [0.5, 0.6) is 0 Å². The van der Waals surface area contributed by atoms with Crippen molar-refractivity contribution in [3.05, 3.63) is 0 Å². The molecule has 1 aliphatic rings. The molecule has 1 rings (SSSR count). The number of nitrogens with two attached hydrogens (primary N) is 1. The predicted molar refractivity (Wildman–Crippen MR) is 65.3 cm³/mol. The van der Waals surface area contributed by atoms with Crippen LogP contribution in [0.2, 0.25) is 0 Å². The molecule has 1 heterocycles. The molecule has 0 spiro atoms. The second-order valence-corrected chi connectivity index (χ2v) is 3.42. The van der Waals surface area contributed by atoms with Crippen molar-refractivity contribution >= 4 is 5.91 Å². The van der Waals surface area contributed by atoms with Crippen molar-refractivity contribution < 1.29 is 9.53 Å². The lowest BCUT2D eigenvalue weighted by Gasteiger charge is -2.34. The van der Waals surface area contributed by atoms with Crippen LogP contribution in [0.25, 0.3) is 0 Å². The molecular formula is C11H25N3O2. The summed E-state index contributed by atoms with van der Waals surface area (Å²) in [7, 11) is 1.70. The lowest BCUT2D eigenvalue weighted by Crippen LogP contribution is -2.50. The topological polar surface area (TPSA) is 58.8 Å². The lowest BCUT2D eigenvalue weighted by atomic mass is 10.3. The van der Waals surface area contributed by atoms with Gasteiger partial charge in [0.25, 0.3) is 0 Å². The Morgan fingerprint density at radius 2 is 1.81 bits per heavy atom. The van der Waals surface area contributed by atoms with Gasteiger partial charge in [0, 0.05) is 39.8 Å². The molecule has 1 saturated heterocycles. The fourth-order valence-corrected chi connectivity index (χ4v) is 1.57. The smallest absolute Gasteiger partial charge is 0.236 e. The molecule has 0 aromatic rings. The Kier molecular flexibility index (Phi) is 9.18. The fourth-order valence-electron chi connectivity index (χ4n) is 1.57. The van der Waals surface area contributed by atoms with Crippen LogP contribution in [-0.4, -0.2) is 68.7 Å². The normalized spacial score (nSPS) is 16.6. The first kappa shape index (κ1) is 15.3. The number of ether oxygens (including phenoxy) is 1. The molecule has 5 nitrogen and oxygen atoms in total. The molecule has 1 amide bonds. The third kappa shape index (κ3) is 5.44. The number of carbonyl (C=O) groups excluding carboxylic acids is 1. The van der Waals surface area contributed by atoms with Gasteiger partial charge in [0.1, 0.15) is 0 Å². The van der Waals surface area contributed by atoms with Crippen molar-refractivity contribution in [3.8, 4) is 0 Å². The number of amides is 1. The largest absolute Gasteiger partial charge is 0.383 e. The maximum Gasteiger partial charge on any atom is 0.236 e. The van der Waals surface area contributed by atoms with Gasteiger partial charge in [-0.1, -0.05) is 13.8 Å². The highest BCUT2D eigenvalue weighted by atomic mass is 16.5. The van der Waals surface area contributed by atoms with E-state index in [2.05, 4.69) is 4.90 Å². The first-order chi connectivity index (χ1) is 7.77. The zero-order chi connectivity index (χ0) is 12.4. The Labute approximate surface area is 98.5 Å². The first-order valence-corrected chi connectivity index (χ1v) is 5.97. The zero-order valence-electron chi connectivity index (χ0n) is 10.7. The van der Waals surface area contributed by atoms with Crippen molar-refractivity contribution in [1.82, 2.24) is 9.80 Å². The third-order valence-corrected chi connectivity index (χ3v) is 2.51. The van der Waals surface area contributed by atoms with Crippen LogP contribution >= 0.6 is 0 Å². The maximum absolute atomic E-state index is 11.2. The summed E-state index contributed by atoms with van der Waals surface area (Å²) in [6, 6.07) is 0. The summed E-state index contributed by atoms with van der Waals surface area (Å²) in [5.41, 5.74) is 5.29. The van der Waals surface area contributed by atoms with Gasteiger partial charge in [-0.2, -0.15) is 0 Å². The maximum atomic E-state index is 11.2. The third-order valence-electron chi connectivity index (χ3n) is 2.51. The van der Waals surface area contributed by atoms with Gasteiger partial charge < -0.3 is 15.4 Å². The Morgan fingerprint density at radius 1 is 1.25 bits per heavy atom. The molecule has 0 bridgehead atoms. The van der Waals surface area contributed by atoms with Crippen molar-refractivity contribution in [2.45, 2.75) is 13.8 Å². The number of nitrogens with zero attached hydrogens (tertiary/aromatic N) is 2. The second-order valence-electron chi connectivity index (χ2n) is 3.42. The van der Waals surface area contributed by atoms with Crippen LogP contribution in [0.15, 0.2) is 0 Å². The van der Waals surface area contributed by atoms with E-state index >= 15 is 0 Å². The fraction of sp³-hybridized carbons (Fsp3) is 0.909. The minimum absolute atomic E-state index is 0.0522. The van der Waals surface area contributed by atoms with Crippen LogP contribution in [-0.2, 0) is 9.53 Å². The van der Waals surface area contributed by atoms with E-state index in [4.69, 9.17) is 10.5 Å². The molecule has 0 unspecified atom stereocenters. The standard InChI is InChI=1S/C9H19N3O2.C2H6/c1-14-7-6-11-2-4-12(5-3-11)9(13)8-10;1-2/h2-8,10H2,1H3;1-2H3. The molecule has 5 heteroatoms. The first-order valence-electron chi connectivity index (χ1n) is 5.97. The summed E-state index contributed by atoms with van der Waals surface area (Å²) in [5, 5.41) is 0. The van der Waals surface area contributed by atoms with Crippen LogP contribution in [0.3, 0.4) is 0 Å². The number of hydrogen-bond donors (Lipinski definition) is 1. The highest BCUT2D eigenvalue weighted by Crippen LogP contribution is 2.00. The van der Waals surface area contributed by atoms with E-state index in [1.807, 2.05) is 18.7 Å². The highest BCUT2D eigenvalue weighted by Gasteiger charge is 2.19. The molecule has 0 aromatic heterocycles. The molecule has 0 aliphatic carbocycles. The van der Waals surface area contributed by atoms with Gasteiger partial charge in [-0.3, -0.25) is 9.69 Å². The SMILES string of the molecule is CC.COCCN1CCN(C(=O)CN)CC1. The van der Waals surface area contributed by atoms with E-state index in [1.165, 1.54) is 0 Å². The summed E-state index contributed by atoms with van der Waals surface area (Å²) < 4.78 is 5.00. The number of methoxy groups -OCH3 is 1. The van der Waals surface area contributed by atoms with E-state index in [-0.39, 0.29) is 12.5 Å². The number of carbonyl (C=O) groups is 1. The van der Waals surface area contributed by atoms with E-state index in [0.717, 1.165) is 39.3 Å². The molecule has 1 fully saturated rings. The van der Waals surface area contributed by atoms with Gasteiger partial charge >= 0.3 is 0 Å². The summed E-state index contributed by atoms with van der Waals surface area (Å²) >= 11 is 0. The summed E-state index contributed by atoms with van der Waals surface area (Å²) in [6.45, 7) is 9.26. The van der Waals surface area contributed by atoms with Crippen LogP contribution in [0, 0.1) is 0 Å². The second kappa shape index (κ2) is 9.57. The number of rotatable bonds is 4. The Bertz CT molecular complexity index is 180. The van der Waals surface area contributed by atoms with Crippen molar-refractivity contribution in [3.63, 3.8) is 0 Å². The quantitative estimate of drug-likeness (QED) is 0.725. The van der Waals surface area contributed by atoms with Crippen molar-refractivity contribution in [2.24, 2.45) is 5.73 Å². The highest BCUT2D eigenvalue weighted by molar-refractivity contribution is 5.78. The van der Waals surface area contributed by atoms with E-state index in [0.29, 0.717) is 0 Å². The van der Waals surface area contributed by atoms with Gasteiger partial charge in [0.05, 0.1) is 13.2 Å². The molecule has 0 saturated carbocycles. The van der Waals surface area contributed by atoms with Crippen molar-refractivity contribution in [2.75, 3.05) is 53.0 Å². The van der Waals surface area contributed by atoms with Crippen LogP contribution in [0.1, 0.15) is 13.8 Å². The average Bonchev–Trinajstić information content (AvgIpc) is 2.38. The van der Waals surface area contributed by atoms with Gasteiger partial charge in [-0.15, -0.1) is 0 Å². The molecule has 1 aliphatic heterocycles. The zero-order valence-corrected chi connectivity index (χ0v) is 10.7. The molecular weight excluding hydrogens is 206 g/mol. The van der Waals surface area contributed by atoms with E-state index in [9.17, 15) is 4.79 Å². The lowest BCUT2D eigenvalue weighted by molar-refractivity contribution is -0.131. The number of hydrogen-bond acceptors (Lipinski definition) is 4. The van der Waals surface area contributed by atoms with E-state index < -0.39 is 0 Å². The monoisotopic (exact) mass is 231 g/mol. The minimum Gasteiger partial charge on any atom is -0.383 e. The summed E-state index contributed by atoms with van der Waals surface area (Å²) in [6.07, 6.45) is 0. The minimum atomic E-state index is 0.0522. The molecule has 0 aromatic carbocycles. The Morgan fingerprint density at radius 3 is 2.25 bits per heavy atom. The van der Waals surface area contributed by atoms with Gasteiger partial charge in [-0.05, 0) is 0 Å². The molecule has 2 N–H and O–H groups in total.